The highest BCUT2D eigenvalue weighted by Gasteiger charge is 2.29. The average Bonchev–Trinajstić information content (AvgIpc) is 3.45. The smallest absolute Gasteiger partial charge is 0.239 e. The zero-order valence-corrected chi connectivity index (χ0v) is 13.9. The van der Waals surface area contributed by atoms with Crippen molar-refractivity contribution in [1.82, 2.24) is 15.5 Å². The van der Waals surface area contributed by atoms with E-state index >= 15 is 0 Å². The van der Waals surface area contributed by atoms with Crippen LogP contribution in [0.3, 0.4) is 0 Å². The van der Waals surface area contributed by atoms with E-state index in [4.69, 9.17) is 4.74 Å². The lowest BCUT2D eigenvalue weighted by molar-refractivity contribution is -0.126. The minimum absolute atomic E-state index is 0.00197. The topological polar surface area (TPSA) is 70.7 Å². The summed E-state index contributed by atoms with van der Waals surface area (Å²) in [7, 11) is 0. The number of morpholine rings is 1. The van der Waals surface area contributed by atoms with E-state index in [0.717, 1.165) is 51.3 Å². The zero-order chi connectivity index (χ0) is 16.8. The van der Waals surface area contributed by atoms with Crippen LogP contribution < -0.4 is 10.6 Å². The fourth-order valence-electron chi connectivity index (χ4n) is 2.80. The van der Waals surface area contributed by atoms with E-state index in [9.17, 15) is 9.59 Å². The molecule has 2 amide bonds. The largest absolute Gasteiger partial charge is 0.379 e. The number of hydrogen-bond acceptors (Lipinski definition) is 4. The molecule has 0 aromatic heterocycles. The average molecular weight is 331 g/mol. The Kier molecular flexibility index (Phi) is 5.82. The van der Waals surface area contributed by atoms with Gasteiger partial charge in [0.05, 0.1) is 19.8 Å². The molecule has 0 unspecified atom stereocenters. The van der Waals surface area contributed by atoms with Gasteiger partial charge < -0.3 is 15.4 Å². The molecule has 1 aromatic rings. The highest BCUT2D eigenvalue weighted by Crippen LogP contribution is 2.28. The van der Waals surface area contributed by atoms with Gasteiger partial charge in [0.2, 0.25) is 11.8 Å². The molecule has 6 nitrogen and oxygen atoms in total. The molecule has 2 aliphatic rings. The highest BCUT2D eigenvalue weighted by atomic mass is 16.5. The second-order valence-electron chi connectivity index (χ2n) is 6.43. The van der Waals surface area contributed by atoms with Crippen LogP contribution in [0.4, 0.5) is 0 Å². The summed E-state index contributed by atoms with van der Waals surface area (Å²) < 4.78 is 5.38. The molecule has 3 rings (SSSR count). The zero-order valence-electron chi connectivity index (χ0n) is 13.9. The van der Waals surface area contributed by atoms with Crippen molar-refractivity contribution in [3.63, 3.8) is 0 Å². The summed E-state index contributed by atoms with van der Waals surface area (Å²) in [5.41, 5.74) is 2.34. The van der Waals surface area contributed by atoms with E-state index in [1.165, 1.54) is 5.56 Å². The monoisotopic (exact) mass is 331 g/mol. The van der Waals surface area contributed by atoms with Crippen molar-refractivity contribution in [2.75, 3.05) is 32.8 Å². The maximum Gasteiger partial charge on any atom is 0.239 e. The van der Waals surface area contributed by atoms with Gasteiger partial charge >= 0.3 is 0 Å². The minimum atomic E-state index is -0.148. The molecule has 1 aromatic carbocycles. The lowest BCUT2D eigenvalue weighted by Gasteiger charge is -2.27. The van der Waals surface area contributed by atoms with Crippen LogP contribution in [-0.4, -0.2) is 49.6 Å². The van der Waals surface area contributed by atoms with Gasteiger partial charge in [-0.3, -0.25) is 14.5 Å². The van der Waals surface area contributed by atoms with Crippen molar-refractivity contribution < 1.29 is 14.3 Å². The molecule has 1 aliphatic carbocycles. The normalized spacial score (nSPS) is 18.2. The molecule has 1 heterocycles. The third-order valence-electron chi connectivity index (χ3n) is 4.46. The third kappa shape index (κ3) is 5.04. The highest BCUT2D eigenvalue weighted by molar-refractivity contribution is 5.86. The predicted octanol–water partition coefficient (Wildman–Crippen LogP) is 0.661. The van der Waals surface area contributed by atoms with Crippen molar-refractivity contribution in [2.24, 2.45) is 5.92 Å². The number of benzene rings is 1. The summed E-state index contributed by atoms with van der Waals surface area (Å²) in [4.78, 5) is 25.8. The fraction of sp³-hybridized carbons (Fsp3) is 0.556. The molecule has 24 heavy (non-hydrogen) atoms. The van der Waals surface area contributed by atoms with Crippen molar-refractivity contribution in [3.8, 4) is 0 Å². The van der Waals surface area contributed by atoms with Crippen molar-refractivity contribution >= 4 is 11.8 Å². The Morgan fingerprint density at radius 1 is 1.08 bits per heavy atom. The van der Waals surface area contributed by atoms with Crippen LogP contribution in [0.25, 0.3) is 0 Å². The minimum Gasteiger partial charge on any atom is -0.379 e. The second kappa shape index (κ2) is 8.26. The first-order valence-electron chi connectivity index (χ1n) is 8.63. The van der Waals surface area contributed by atoms with Gasteiger partial charge in [-0.1, -0.05) is 24.3 Å². The number of nitrogens with zero attached hydrogens (tertiary/aromatic N) is 1. The lowest BCUT2D eigenvalue weighted by Crippen LogP contribution is -2.38. The van der Waals surface area contributed by atoms with E-state index in [2.05, 4.69) is 21.6 Å². The first kappa shape index (κ1) is 16.9. The molecular weight excluding hydrogens is 306 g/mol. The Bertz CT molecular complexity index is 581. The van der Waals surface area contributed by atoms with Gasteiger partial charge in [0.15, 0.2) is 0 Å². The van der Waals surface area contributed by atoms with Crippen LogP contribution in [0.2, 0.25) is 0 Å². The molecule has 130 valence electrons. The SMILES string of the molecule is O=C(CNC(=O)C1CC1)NCc1ccccc1CN1CCOCC1. The third-order valence-corrected chi connectivity index (χ3v) is 4.46. The van der Waals surface area contributed by atoms with E-state index in [1.54, 1.807) is 0 Å². The van der Waals surface area contributed by atoms with Crippen LogP contribution in [0, 0.1) is 5.92 Å². The van der Waals surface area contributed by atoms with Crippen molar-refractivity contribution in [3.05, 3.63) is 35.4 Å². The Morgan fingerprint density at radius 3 is 2.50 bits per heavy atom. The van der Waals surface area contributed by atoms with Gasteiger partial charge in [-0.05, 0) is 24.0 Å². The van der Waals surface area contributed by atoms with Gasteiger partial charge in [0.25, 0.3) is 0 Å². The number of carbonyl (C=O) groups is 2. The molecule has 2 fully saturated rings. The number of hydrogen-bond donors (Lipinski definition) is 2. The summed E-state index contributed by atoms with van der Waals surface area (Å²) in [6, 6.07) is 8.15. The summed E-state index contributed by atoms with van der Waals surface area (Å²) >= 11 is 0. The molecule has 0 radical (unpaired) electrons. The number of rotatable bonds is 7. The van der Waals surface area contributed by atoms with Gasteiger partial charge in [-0.15, -0.1) is 0 Å². The van der Waals surface area contributed by atoms with E-state index in [1.807, 2.05) is 18.2 Å². The lowest BCUT2D eigenvalue weighted by atomic mass is 10.1. The Labute approximate surface area is 142 Å². The molecule has 0 atom stereocenters. The second-order valence-corrected chi connectivity index (χ2v) is 6.43. The summed E-state index contributed by atoms with van der Waals surface area (Å²) in [5.74, 6) is -0.0184. The number of ether oxygens (including phenoxy) is 1. The molecule has 1 aliphatic heterocycles. The van der Waals surface area contributed by atoms with Crippen molar-refractivity contribution in [2.45, 2.75) is 25.9 Å². The van der Waals surface area contributed by atoms with Crippen LogP contribution in [0.15, 0.2) is 24.3 Å². The number of amides is 2. The molecule has 6 heteroatoms. The van der Waals surface area contributed by atoms with Crippen LogP contribution >= 0.6 is 0 Å². The Hall–Kier alpha value is -1.92. The Morgan fingerprint density at radius 2 is 1.79 bits per heavy atom. The van der Waals surface area contributed by atoms with Crippen LogP contribution in [0.5, 0.6) is 0 Å². The molecule has 0 bridgehead atoms. The molecule has 2 N–H and O–H groups in total. The van der Waals surface area contributed by atoms with E-state index in [0.29, 0.717) is 6.54 Å². The van der Waals surface area contributed by atoms with Crippen LogP contribution in [0.1, 0.15) is 24.0 Å². The standard InChI is InChI=1S/C18H25N3O3/c22-17(12-20-18(23)14-5-6-14)19-11-15-3-1-2-4-16(15)13-21-7-9-24-10-8-21/h1-4,14H,5-13H2,(H,19,22)(H,20,23). The first-order valence-corrected chi connectivity index (χ1v) is 8.63. The van der Waals surface area contributed by atoms with Gasteiger partial charge in [-0.2, -0.15) is 0 Å². The molecule has 0 spiro atoms. The van der Waals surface area contributed by atoms with E-state index < -0.39 is 0 Å². The summed E-state index contributed by atoms with van der Waals surface area (Å²) in [6.45, 7) is 4.84. The van der Waals surface area contributed by atoms with Crippen molar-refractivity contribution in [1.29, 1.82) is 0 Å². The predicted molar refractivity (Wildman–Crippen MR) is 90.1 cm³/mol. The summed E-state index contributed by atoms with van der Waals surface area (Å²) in [6.07, 6.45) is 1.89. The van der Waals surface area contributed by atoms with E-state index in [-0.39, 0.29) is 24.3 Å². The quantitative estimate of drug-likeness (QED) is 0.770. The molecule has 1 saturated carbocycles. The summed E-state index contributed by atoms with van der Waals surface area (Å²) in [5, 5.41) is 5.58. The Balaban J connectivity index is 1.47. The maximum atomic E-state index is 11.9. The fourth-order valence-corrected chi connectivity index (χ4v) is 2.80. The number of nitrogens with one attached hydrogen (secondary N) is 2. The molecule has 1 saturated heterocycles. The maximum absolute atomic E-state index is 11.9. The van der Waals surface area contributed by atoms with Crippen LogP contribution in [-0.2, 0) is 27.4 Å². The first-order chi connectivity index (χ1) is 11.7. The van der Waals surface area contributed by atoms with Gasteiger partial charge in [0.1, 0.15) is 0 Å². The number of carbonyl (C=O) groups excluding carboxylic acids is 2. The van der Waals surface area contributed by atoms with Gasteiger partial charge in [-0.25, -0.2) is 0 Å². The molecular formula is C18H25N3O3. The van der Waals surface area contributed by atoms with Gasteiger partial charge in [0, 0.05) is 32.1 Å².